The number of halogens is 2. The van der Waals surface area contributed by atoms with Gasteiger partial charge in [0, 0.05) is 33.1 Å². The summed E-state index contributed by atoms with van der Waals surface area (Å²) in [7, 11) is -0.788. The maximum absolute atomic E-state index is 13.7. The molecule has 2 atom stereocenters. The Morgan fingerprint density at radius 1 is 1.35 bits per heavy atom. The molecule has 0 spiro atoms. The molecule has 1 N–H and O–H groups in total. The summed E-state index contributed by atoms with van der Waals surface area (Å²) in [4.78, 5) is 13.4. The van der Waals surface area contributed by atoms with Crippen LogP contribution in [0.3, 0.4) is 0 Å². The molecule has 6 nitrogen and oxygen atoms in total. The van der Waals surface area contributed by atoms with E-state index in [0.717, 1.165) is 27.4 Å². The minimum Gasteiger partial charge on any atom is -0.391 e. The summed E-state index contributed by atoms with van der Waals surface area (Å²) in [6.45, 7) is -0.161. The molecule has 128 valence electrons. The number of carbonyl (C=O) groups is 1. The highest BCUT2D eigenvalue weighted by atomic mass is 32.2. The van der Waals surface area contributed by atoms with E-state index in [0.29, 0.717) is 0 Å². The van der Waals surface area contributed by atoms with E-state index >= 15 is 0 Å². The summed E-state index contributed by atoms with van der Waals surface area (Å²) in [5.41, 5.74) is -0.437. The Bertz CT molecular complexity index is 709. The molecule has 1 heterocycles. The summed E-state index contributed by atoms with van der Waals surface area (Å²) < 4.78 is 51.6. The fourth-order valence-corrected chi connectivity index (χ4v) is 3.60. The lowest BCUT2D eigenvalue weighted by Crippen LogP contribution is -2.33. The van der Waals surface area contributed by atoms with Gasteiger partial charge in [-0.3, -0.25) is 4.79 Å². The first-order valence-corrected chi connectivity index (χ1v) is 8.55. The highest BCUT2D eigenvalue weighted by Crippen LogP contribution is 2.23. The normalized spacial score (nSPS) is 21.9. The molecule has 2 rings (SSSR count). The number of aliphatic hydroxyl groups excluding tert-OH is 1. The van der Waals surface area contributed by atoms with E-state index in [2.05, 4.69) is 0 Å². The third-order valence-corrected chi connectivity index (χ3v) is 5.80. The lowest BCUT2D eigenvalue weighted by Gasteiger charge is -2.18. The lowest BCUT2D eigenvalue weighted by molar-refractivity contribution is 0.0759. The topological polar surface area (TPSA) is 77.9 Å². The van der Waals surface area contributed by atoms with Crippen LogP contribution in [0.1, 0.15) is 10.4 Å². The summed E-state index contributed by atoms with van der Waals surface area (Å²) in [6, 6.07) is 2.54. The minimum absolute atomic E-state index is 0.0387. The van der Waals surface area contributed by atoms with Crippen molar-refractivity contribution in [2.24, 2.45) is 5.92 Å². The Morgan fingerprint density at radius 3 is 2.61 bits per heavy atom. The Labute approximate surface area is 133 Å². The number of hydrogen-bond donors (Lipinski definition) is 1. The summed E-state index contributed by atoms with van der Waals surface area (Å²) >= 11 is 0. The minimum atomic E-state index is -3.54. The Hall–Kier alpha value is -1.58. The van der Waals surface area contributed by atoms with Crippen molar-refractivity contribution < 1.29 is 27.1 Å². The van der Waals surface area contributed by atoms with Crippen LogP contribution in [0.25, 0.3) is 0 Å². The molecule has 23 heavy (non-hydrogen) atoms. The molecule has 1 aromatic rings. The molecule has 0 aromatic heterocycles. The standard InChI is InChI=1S/C14H18F2N2O4S/c1-17(2)23(21,22)8-9-6-18(7-13(9)19)14(20)11-5-10(15)3-4-12(11)16/h3-5,9,13,19H,6-8H2,1-2H3/t9-,13+/m0/s1. The molecular weight excluding hydrogens is 330 g/mol. The van der Waals surface area contributed by atoms with Crippen LogP contribution in [-0.4, -0.2) is 67.7 Å². The molecule has 0 saturated carbocycles. The molecule has 0 radical (unpaired) electrons. The maximum atomic E-state index is 13.7. The number of hydrogen-bond acceptors (Lipinski definition) is 4. The maximum Gasteiger partial charge on any atom is 0.257 e. The van der Waals surface area contributed by atoms with Gasteiger partial charge in [-0.25, -0.2) is 21.5 Å². The van der Waals surface area contributed by atoms with E-state index in [-0.39, 0.29) is 18.8 Å². The van der Waals surface area contributed by atoms with Gasteiger partial charge in [0.1, 0.15) is 11.6 Å². The number of benzene rings is 1. The Morgan fingerprint density at radius 2 is 2.00 bits per heavy atom. The van der Waals surface area contributed by atoms with Gasteiger partial charge in [-0.1, -0.05) is 0 Å². The van der Waals surface area contributed by atoms with E-state index < -0.39 is 45.2 Å². The predicted molar refractivity (Wildman–Crippen MR) is 79.2 cm³/mol. The monoisotopic (exact) mass is 348 g/mol. The van der Waals surface area contributed by atoms with E-state index in [1.807, 2.05) is 0 Å². The first-order chi connectivity index (χ1) is 10.6. The van der Waals surface area contributed by atoms with E-state index in [1.165, 1.54) is 14.1 Å². The van der Waals surface area contributed by atoms with Gasteiger partial charge in [0.2, 0.25) is 10.0 Å². The lowest BCUT2D eigenvalue weighted by atomic mass is 10.1. The van der Waals surface area contributed by atoms with Gasteiger partial charge in [0.25, 0.3) is 5.91 Å². The van der Waals surface area contributed by atoms with Crippen LogP contribution in [0.15, 0.2) is 18.2 Å². The fraction of sp³-hybridized carbons (Fsp3) is 0.500. The largest absolute Gasteiger partial charge is 0.391 e. The highest BCUT2D eigenvalue weighted by molar-refractivity contribution is 7.89. The van der Waals surface area contributed by atoms with Crippen LogP contribution >= 0.6 is 0 Å². The quantitative estimate of drug-likeness (QED) is 0.848. The van der Waals surface area contributed by atoms with Gasteiger partial charge in [-0.2, -0.15) is 0 Å². The molecule has 1 amide bonds. The van der Waals surface area contributed by atoms with Gasteiger partial charge < -0.3 is 10.0 Å². The van der Waals surface area contributed by atoms with Crippen molar-refractivity contribution in [1.29, 1.82) is 0 Å². The zero-order valence-corrected chi connectivity index (χ0v) is 13.6. The number of β-amino-alcohol motifs (C(OH)–C–C–N with tert-alkyl or cyclic N) is 1. The van der Waals surface area contributed by atoms with Crippen LogP contribution in [-0.2, 0) is 10.0 Å². The smallest absolute Gasteiger partial charge is 0.257 e. The molecule has 0 unspecified atom stereocenters. The van der Waals surface area contributed by atoms with Crippen molar-refractivity contribution >= 4 is 15.9 Å². The van der Waals surface area contributed by atoms with Crippen molar-refractivity contribution in [3.05, 3.63) is 35.4 Å². The van der Waals surface area contributed by atoms with Crippen molar-refractivity contribution in [2.45, 2.75) is 6.10 Å². The molecule has 0 aliphatic carbocycles. The molecule has 9 heteroatoms. The van der Waals surface area contributed by atoms with Crippen molar-refractivity contribution in [1.82, 2.24) is 9.21 Å². The van der Waals surface area contributed by atoms with Gasteiger partial charge in [0.15, 0.2) is 0 Å². The van der Waals surface area contributed by atoms with Gasteiger partial charge in [-0.05, 0) is 18.2 Å². The van der Waals surface area contributed by atoms with Crippen molar-refractivity contribution in [3.63, 3.8) is 0 Å². The average Bonchev–Trinajstić information content (AvgIpc) is 2.81. The molecule has 0 bridgehead atoms. The van der Waals surface area contributed by atoms with Crippen LogP contribution in [0, 0.1) is 17.6 Å². The number of amides is 1. The van der Waals surface area contributed by atoms with Crippen LogP contribution in [0.2, 0.25) is 0 Å². The third-order valence-electron chi connectivity index (χ3n) is 3.83. The Kier molecular flexibility index (Phi) is 5.02. The summed E-state index contributed by atoms with van der Waals surface area (Å²) in [5.74, 6) is -3.39. The molecule has 1 fully saturated rings. The SMILES string of the molecule is CN(C)S(=O)(=O)C[C@@H]1CN(C(=O)c2cc(F)ccc2F)C[C@H]1O. The first-order valence-electron chi connectivity index (χ1n) is 6.94. The summed E-state index contributed by atoms with van der Waals surface area (Å²) in [6.07, 6.45) is -1.04. The Balaban J connectivity index is 2.15. The second-order valence-electron chi connectivity index (χ2n) is 5.72. The molecule has 1 aliphatic rings. The third kappa shape index (κ3) is 3.85. The second kappa shape index (κ2) is 6.50. The number of carbonyl (C=O) groups excluding carboxylic acids is 1. The molecular formula is C14H18F2N2O4S. The molecule has 1 aliphatic heterocycles. The first kappa shape index (κ1) is 17.8. The molecule has 1 saturated heterocycles. The van der Waals surface area contributed by atoms with Crippen LogP contribution < -0.4 is 0 Å². The van der Waals surface area contributed by atoms with Gasteiger partial charge >= 0.3 is 0 Å². The zero-order chi connectivity index (χ0) is 17.4. The van der Waals surface area contributed by atoms with E-state index in [1.54, 1.807) is 0 Å². The number of aliphatic hydroxyl groups is 1. The van der Waals surface area contributed by atoms with Crippen molar-refractivity contribution in [3.8, 4) is 0 Å². The van der Waals surface area contributed by atoms with Crippen LogP contribution in [0.4, 0.5) is 8.78 Å². The predicted octanol–water partition coefficient (Wildman–Crippen LogP) is 0.289. The van der Waals surface area contributed by atoms with Crippen molar-refractivity contribution in [2.75, 3.05) is 32.9 Å². The van der Waals surface area contributed by atoms with Crippen LogP contribution in [0.5, 0.6) is 0 Å². The van der Waals surface area contributed by atoms with Gasteiger partial charge in [-0.15, -0.1) is 0 Å². The highest BCUT2D eigenvalue weighted by Gasteiger charge is 2.38. The van der Waals surface area contributed by atoms with E-state index in [4.69, 9.17) is 0 Å². The summed E-state index contributed by atoms with van der Waals surface area (Å²) in [5, 5.41) is 9.98. The zero-order valence-electron chi connectivity index (χ0n) is 12.7. The van der Waals surface area contributed by atoms with E-state index in [9.17, 15) is 27.1 Å². The fourth-order valence-electron chi connectivity index (χ4n) is 2.44. The number of rotatable bonds is 4. The number of nitrogens with zero attached hydrogens (tertiary/aromatic N) is 2. The van der Waals surface area contributed by atoms with Gasteiger partial charge in [0.05, 0.1) is 17.4 Å². The number of likely N-dealkylation sites (tertiary alicyclic amines) is 1. The second-order valence-corrected chi connectivity index (χ2v) is 7.95. The number of sulfonamides is 1. The molecule has 1 aromatic carbocycles. The average molecular weight is 348 g/mol.